The molecular weight excluding hydrogens is 324 g/mol. The molecule has 6 nitrogen and oxygen atoms in total. The molecule has 0 bridgehead atoms. The molecule has 2 aromatic carbocycles. The van der Waals surface area contributed by atoms with Crippen molar-refractivity contribution in [1.29, 1.82) is 0 Å². The van der Waals surface area contributed by atoms with Gasteiger partial charge in [-0.2, -0.15) is 0 Å². The van der Waals surface area contributed by atoms with Crippen LogP contribution in [0.2, 0.25) is 0 Å². The lowest BCUT2D eigenvalue weighted by Gasteiger charge is -2.25. The van der Waals surface area contributed by atoms with Crippen molar-refractivity contribution in [1.82, 2.24) is 10.2 Å². The Balaban J connectivity index is 1.92. The van der Waals surface area contributed by atoms with Crippen LogP contribution in [0.3, 0.4) is 0 Å². The Kier molecular flexibility index (Phi) is 6.22. The van der Waals surface area contributed by atoms with Gasteiger partial charge in [-0.3, -0.25) is 10.1 Å². The SMILES string of the molecule is CN(C)[C@H](CNC(=S)Nc1ccc([N+](=O)[O-])cc1)c1ccccc1. The molecule has 0 fully saturated rings. The Morgan fingerprint density at radius 2 is 1.79 bits per heavy atom. The van der Waals surface area contributed by atoms with Crippen LogP contribution < -0.4 is 10.6 Å². The lowest BCUT2D eigenvalue weighted by Crippen LogP contribution is -2.36. The number of anilines is 1. The van der Waals surface area contributed by atoms with Gasteiger partial charge in [-0.1, -0.05) is 30.3 Å². The zero-order valence-electron chi connectivity index (χ0n) is 13.6. The average Bonchev–Trinajstić information content (AvgIpc) is 2.56. The van der Waals surface area contributed by atoms with Crippen molar-refractivity contribution in [2.24, 2.45) is 0 Å². The van der Waals surface area contributed by atoms with Crippen molar-refractivity contribution < 1.29 is 4.92 Å². The van der Waals surface area contributed by atoms with Crippen molar-refractivity contribution in [2.45, 2.75) is 6.04 Å². The molecular formula is C17H20N4O2S. The zero-order valence-corrected chi connectivity index (χ0v) is 14.4. The van der Waals surface area contributed by atoms with Crippen LogP contribution in [0.5, 0.6) is 0 Å². The number of non-ortho nitro benzene ring substituents is 1. The Labute approximate surface area is 146 Å². The highest BCUT2D eigenvalue weighted by Crippen LogP contribution is 2.17. The molecule has 0 saturated carbocycles. The van der Waals surface area contributed by atoms with E-state index in [4.69, 9.17) is 12.2 Å². The third-order valence-corrected chi connectivity index (χ3v) is 3.85. The van der Waals surface area contributed by atoms with E-state index in [1.165, 1.54) is 17.7 Å². The largest absolute Gasteiger partial charge is 0.361 e. The highest BCUT2D eigenvalue weighted by Gasteiger charge is 2.14. The van der Waals surface area contributed by atoms with E-state index in [1.54, 1.807) is 12.1 Å². The molecule has 0 aromatic heterocycles. The van der Waals surface area contributed by atoms with E-state index in [1.807, 2.05) is 32.3 Å². The number of hydrogen-bond acceptors (Lipinski definition) is 4. The van der Waals surface area contributed by atoms with Gasteiger partial charge < -0.3 is 15.5 Å². The summed E-state index contributed by atoms with van der Waals surface area (Å²) in [6, 6.07) is 16.5. The number of benzene rings is 2. The van der Waals surface area contributed by atoms with Crippen LogP contribution >= 0.6 is 12.2 Å². The summed E-state index contributed by atoms with van der Waals surface area (Å²) in [7, 11) is 4.04. The van der Waals surface area contributed by atoms with E-state index < -0.39 is 4.92 Å². The van der Waals surface area contributed by atoms with E-state index in [2.05, 4.69) is 27.7 Å². The summed E-state index contributed by atoms with van der Waals surface area (Å²) in [5.74, 6) is 0. The summed E-state index contributed by atoms with van der Waals surface area (Å²) in [5.41, 5.74) is 1.96. The second-order valence-corrected chi connectivity index (χ2v) is 5.94. The molecule has 2 N–H and O–H groups in total. The van der Waals surface area contributed by atoms with Crippen LogP contribution in [0, 0.1) is 10.1 Å². The number of rotatable bonds is 6. The van der Waals surface area contributed by atoms with Crippen molar-refractivity contribution in [3.05, 3.63) is 70.3 Å². The van der Waals surface area contributed by atoms with Crippen molar-refractivity contribution in [3.63, 3.8) is 0 Å². The van der Waals surface area contributed by atoms with E-state index in [-0.39, 0.29) is 11.7 Å². The second-order valence-electron chi connectivity index (χ2n) is 5.53. The number of hydrogen-bond donors (Lipinski definition) is 2. The van der Waals surface area contributed by atoms with Gasteiger partial charge in [0.15, 0.2) is 5.11 Å². The minimum atomic E-state index is -0.429. The lowest BCUT2D eigenvalue weighted by molar-refractivity contribution is -0.384. The van der Waals surface area contributed by atoms with Gasteiger partial charge in [-0.25, -0.2) is 0 Å². The third kappa shape index (κ3) is 5.00. The predicted molar refractivity (Wildman–Crippen MR) is 100 cm³/mol. The Morgan fingerprint density at radius 3 is 2.33 bits per heavy atom. The minimum absolute atomic E-state index is 0.0520. The summed E-state index contributed by atoms with van der Waals surface area (Å²) >= 11 is 5.30. The molecule has 0 saturated heterocycles. The van der Waals surface area contributed by atoms with Gasteiger partial charge in [0.05, 0.1) is 11.0 Å². The van der Waals surface area contributed by atoms with Crippen molar-refractivity contribution >= 4 is 28.7 Å². The van der Waals surface area contributed by atoms with Crippen LogP contribution in [-0.4, -0.2) is 35.6 Å². The fourth-order valence-corrected chi connectivity index (χ4v) is 2.51. The molecule has 0 aliphatic heterocycles. The quantitative estimate of drug-likeness (QED) is 0.476. The first-order valence-electron chi connectivity index (χ1n) is 7.48. The van der Waals surface area contributed by atoms with Crippen LogP contribution in [0.15, 0.2) is 54.6 Å². The highest BCUT2D eigenvalue weighted by molar-refractivity contribution is 7.80. The number of nitrogens with one attached hydrogen (secondary N) is 2. The van der Waals surface area contributed by atoms with Crippen molar-refractivity contribution in [3.8, 4) is 0 Å². The normalized spacial score (nSPS) is 11.8. The highest BCUT2D eigenvalue weighted by atomic mass is 32.1. The zero-order chi connectivity index (χ0) is 17.5. The molecule has 0 radical (unpaired) electrons. The van der Waals surface area contributed by atoms with Gasteiger partial charge in [0.25, 0.3) is 5.69 Å². The molecule has 0 spiro atoms. The maximum Gasteiger partial charge on any atom is 0.269 e. The standard InChI is InChI=1S/C17H20N4O2S/c1-20(2)16(13-6-4-3-5-7-13)12-18-17(24)19-14-8-10-15(11-9-14)21(22)23/h3-11,16H,12H2,1-2H3,(H2,18,19,24)/t16-/m1/s1. The fraction of sp³-hybridized carbons (Fsp3) is 0.235. The van der Waals surface area contributed by atoms with Crippen LogP contribution in [0.25, 0.3) is 0 Å². The Hall–Kier alpha value is -2.51. The average molecular weight is 344 g/mol. The van der Waals surface area contributed by atoms with E-state index in [0.29, 0.717) is 17.3 Å². The Bertz CT molecular complexity index is 689. The molecule has 2 aromatic rings. The topological polar surface area (TPSA) is 70.4 Å². The predicted octanol–water partition coefficient (Wildman–Crippen LogP) is 3.18. The van der Waals surface area contributed by atoms with E-state index >= 15 is 0 Å². The first-order chi connectivity index (χ1) is 11.5. The molecule has 0 amide bonds. The molecule has 126 valence electrons. The third-order valence-electron chi connectivity index (χ3n) is 3.60. The number of likely N-dealkylation sites (N-methyl/N-ethyl adjacent to an activating group) is 1. The number of nitro benzene ring substituents is 1. The molecule has 0 unspecified atom stereocenters. The molecule has 24 heavy (non-hydrogen) atoms. The van der Waals surface area contributed by atoms with Crippen LogP contribution in [0.1, 0.15) is 11.6 Å². The number of nitrogens with zero attached hydrogens (tertiary/aromatic N) is 2. The van der Waals surface area contributed by atoms with Crippen LogP contribution in [-0.2, 0) is 0 Å². The molecule has 0 aliphatic carbocycles. The lowest BCUT2D eigenvalue weighted by atomic mass is 10.1. The second kappa shape index (κ2) is 8.37. The van der Waals surface area contributed by atoms with Gasteiger partial charge in [0.2, 0.25) is 0 Å². The summed E-state index contributed by atoms with van der Waals surface area (Å²) in [5, 5.41) is 17.4. The van der Waals surface area contributed by atoms with Gasteiger partial charge >= 0.3 is 0 Å². The van der Waals surface area contributed by atoms with Gasteiger partial charge in [0, 0.05) is 24.4 Å². The van der Waals surface area contributed by atoms with Gasteiger partial charge in [-0.05, 0) is 44.0 Å². The summed E-state index contributed by atoms with van der Waals surface area (Å²) < 4.78 is 0. The summed E-state index contributed by atoms with van der Waals surface area (Å²) in [4.78, 5) is 12.3. The fourth-order valence-electron chi connectivity index (χ4n) is 2.30. The van der Waals surface area contributed by atoms with Gasteiger partial charge in [-0.15, -0.1) is 0 Å². The Morgan fingerprint density at radius 1 is 1.17 bits per heavy atom. The minimum Gasteiger partial charge on any atom is -0.361 e. The molecule has 2 rings (SSSR count). The smallest absolute Gasteiger partial charge is 0.269 e. The van der Waals surface area contributed by atoms with Gasteiger partial charge in [0.1, 0.15) is 0 Å². The molecule has 7 heteroatoms. The maximum absolute atomic E-state index is 10.7. The van der Waals surface area contributed by atoms with Crippen molar-refractivity contribution in [2.75, 3.05) is 26.0 Å². The number of nitro groups is 1. The summed E-state index contributed by atoms with van der Waals surface area (Å²) in [6.45, 7) is 0.649. The molecule has 1 atom stereocenters. The maximum atomic E-state index is 10.7. The molecule has 0 heterocycles. The first-order valence-corrected chi connectivity index (χ1v) is 7.89. The monoisotopic (exact) mass is 344 g/mol. The van der Waals surface area contributed by atoms with Crippen LogP contribution in [0.4, 0.5) is 11.4 Å². The number of thiocarbonyl (C=S) groups is 1. The molecule has 0 aliphatic rings. The van der Waals surface area contributed by atoms with E-state index in [0.717, 1.165) is 0 Å². The summed E-state index contributed by atoms with van der Waals surface area (Å²) in [6.07, 6.45) is 0. The first kappa shape index (κ1) is 17.8. The van der Waals surface area contributed by atoms with E-state index in [9.17, 15) is 10.1 Å².